The summed E-state index contributed by atoms with van der Waals surface area (Å²) < 4.78 is 13.8. The van der Waals surface area contributed by atoms with Crippen LogP contribution in [0.15, 0.2) is 67.1 Å². The minimum atomic E-state index is 0.301. The van der Waals surface area contributed by atoms with Crippen molar-refractivity contribution in [2.45, 2.75) is 6.61 Å². The smallest absolute Gasteiger partial charge is 0.214 e. The number of pyridine rings is 2. The van der Waals surface area contributed by atoms with Crippen LogP contribution in [0.1, 0.15) is 5.69 Å². The van der Waals surface area contributed by atoms with Gasteiger partial charge in [-0.2, -0.15) is 0 Å². The van der Waals surface area contributed by atoms with Gasteiger partial charge < -0.3 is 24.2 Å². The van der Waals surface area contributed by atoms with Crippen molar-refractivity contribution in [2.24, 2.45) is 0 Å². The molecule has 0 saturated carbocycles. The van der Waals surface area contributed by atoms with E-state index in [1.807, 2.05) is 55.0 Å². The summed E-state index contributed by atoms with van der Waals surface area (Å²) in [5.74, 6) is 2.43. The molecule has 5 aromatic rings. The van der Waals surface area contributed by atoms with Crippen molar-refractivity contribution in [1.82, 2.24) is 29.2 Å². The van der Waals surface area contributed by atoms with Gasteiger partial charge in [-0.05, 0) is 31.3 Å². The molecule has 6 heterocycles. The van der Waals surface area contributed by atoms with Crippen LogP contribution in [0, 0.1) is 0 Å². The lowest BCUT2D eigenvalue weighted by molar-refractivity contribution is 0.122. The van der Waals surface area contributed by atoms with Crippen LogP contribution in [-0.4, -0.2) is 88.8 Å². The Morgan fingerprint density at radius 3 is 2.50 bits per heavy atom. The quantitative estimate of drug-likeness (QED) is 0.324. The number of likely N-dealkylation sites (N-methyl/N-ethyl adjacent to an activating group) is 1. The van der Waals surface area contributed by atoms with E-state index in [1.54, 1.807) is 0 Å². The lowest BCUT2D eigenvalue weighted by Crippen LogP contribution is -2.44. The summed E-state index contributed by atoms with van der Waals surface area (Å²) in [5, 5.41) is 1.08. The molecule has 0 spiro atoms. The molecule has 0 bridgehead atoms. The number of hydrogen-bond acceptors (Lipinski definition) is 9. The van der Waals surface area contributed by atoms with Gasteiger partial charge in [0.05, 0.1) is 36.3 Å². The maximum atomic E-state index is 6.09. The predicted molar refractivity (Wildman–Crippen MR) is 155 cm³/mol. The zero-order chi connectivity index (χ0) is 26.9. The van der Waals surface area contributed by atoms with E-state index in [-0.39, 0.29) is 0 Å². The number of nitrogens with zero attached hydrogens (tertiary/aromatic N) is 8. The van der Waals surface area contributed by atoms with Crippen LogP contribution in [0.3, 0.4) is 0 Å². The van der Waals surface area contributed by atoms with E-state index in [0.717, 1.165) is 84.4 Å². The van der Waals surface area contributed by atoms with Crippen molar-refractivity contribution in [3.8, 4) is 17.1 Å². The van der Waals surface area contributed by atoms with E-state index in [1.165, 1.54) is 0 Å². The monoisotopic (exact) mass is 536 g/mol. The Bertz CT molecular complexity index is 1620. The number of fused-ring (bicyclic) bond motifs is 2. The van der Waals surface area contributed by atoms with Gasteiger partial charge in [0.2, 0.25) is 5.88 Å². The van der Waals surface area contributed by atoms with Crippen LogP contribution in [0.5, 0.6) is 5.88 Å². The fraction of sp³-hybridized carbons (Fsp3) is 0.333. The lowest BCUT2D eigenvalue weighted by atomic mass is 10.2. The number of anilines is 2. The summed E-state index contributed by atoms with van der Waals surface area (Å²) in [4.78, 5) is 26.2. The standard InChI is InChI=1S/C30H32N8O2/c1-35-10-12-36(13-11-35)27-8-6-23(18-31-27)26-19-32-29(37-14-16-39-17-15-37)30-33-24(20-38(26)30)21-40-28-9-7-22-4-2-3-5-25(22)34-28/h2-9,18-20H,10-17,21H2,1H3. The van der Waals surface area contributed by atoms with Crippen molar-refractivity contribution in [3.63, 3.8) is 0 Å². The number of piperazine rings is 1. The molecule has 2 fully saturated rings. The minimum Gasteiger partial charge on any atom is -0.471 e. The molecule has 10 heteroatoms. The third kappa shape index (κ3) is 4.91. The van der Waals surface area contributed by atoms with Gasteiger partial charge in [0, 0.05) is 68.7 Å². The Labute approximate surface area is 232 Å². The highest BCUT2D eigenvalue weighted by Gasteiger charge is 2.21. The molecule has 4 aromatic heterocycles. The number of benzene rings is 1. The maximum absolute atomic E-state index is 6.09. The molecule has 1 aromatic carbocycles. The van der Waals surface area contributed by atoms with Gasteiger partial charge in [-0.3, -0.25) is 4.40 Å². The molecule has 204 valence electrons. The zero-order valence-corrected chi connectivity index (χ0v) is 22.6. The third-order valence-corrected chi connectivity index (χ3v) is 7.65. The second-order valence-electron chi connectivity index (χ2n) is 10.3. The summed E-state index contributed by atoms with van der Waals surface area (Å²) in [7, 11) is 2.16. The van der Waals surface area contributed by atoms with Crippen molar-refractivity contribution >= 4 is 28.2 Å². The molecule has 0 unspecified atom stereocenters. The van der Waals surface area contributed by atoms with Crippen LogP contribution < -0.4 is 14.5 Å². The molecule has 40 heavy (non-hydrogen) atoms. The number of morpholine rings is 1. The summed E-state index contributed by atoms with van der Waals surface area (Å²) >= 11 is 0. The van der Waals surface area contributed by atoms with Gasteiger partial charge in [-0.15, -0.1) is 0 Å². The first-order valence-corrected chi connectivity index (χ1v) is 13.8. The fourth-order valence-corrected chi connectivity index (χ4v) is 5.33. The Morgan fingerprint density at radius 1 is 0.825 bits per heavy atom. The van der Waals surface area contributed by atoms with Gasteiger partial charge in [-0.1, -0.05) is 18.2 Å². The molecule has 2 aliphatic rings. The van der Waals surface area contributed by atoms with E-state index in [2.05, 4.69) is 43.3 Å². The highest BCUT2D eigenvalue weighted by molar-refractivity contribution is 5.78. The Balaban J connectivity index is 1.20. The average Bonchev–Trinajstić information content (AvgIpc) is 3.45. The van der Waals surface area contributed by atoms with Crippen molar-refractivity contribution in [2.75, 3.05) is 69.3 Å². The molecule has 0 radical (unpaired) electrons. The highest BCUT2D eigenvalue weighted by Crippen LogP contribution is 2.28. The minimum absolute atomic E-state index is 0.301. The summed E-state index contributed by atoms with van der Waals surface area (Å²) in [5.41, 5.74) is 4.44. The van der Waals surface area contributed by atoms with E-state index >= 15 is 0 Å². The zero-order valence-electron chi connectivity index (χ0n) is 22.6. The molecule has 7 rings (SSSR count). The van der Waals surface area contributed by atoms with Gasteiger partial charge in [0.25, 0.3) is 0 Å². The average molecular weight is 537 g/mol. The first-order chi connectivity index (χ1) is 19.7. The Kier molecular flexibility index (Phi) is 6.62. The van der Waals surface area contributed by atoms with Gasteiger partial charge in [-0.25, -0.2) is 19.9 Å². The largest absolute Gasteiger partial charge is 0.471 e. The van der Waals surface area contributed by atoms with Gasteiger partial charge in [0.15, 0.2) is 11.5 Å². The summed E-state index contributed by atoms with van der Waals surface area (Å²) in [6.07, 6.45) is 5.89. The molecular weight excluding hydrogens is 504 g/mol. The summed E-state index contributed by atoms with van der Waals surface area (Å²) in [6.45, 7) is 7.29. The van der Waals surface area contributed by atoms with E-state index < -0.39 is 0 Å². The van der Waals surface area contributed by atoms with Crippen molar-refractivity contribution < 1.29 is 9.47 Å². The number of aromatic nitrogens is 5. The van der Waals surface area contributed by atoms with E-state index in [9.17, 15) is 0 Å². The lowest BCUT2D eigenvalue weighted by Gasteiger charge is -2.33. The van der Waals surface area contributed by atoms with Crippen LogP contribution in [-0.2, 0) is 11.3 Å². The molecule has 2 saturated heterocycles. The normalized spacial score (nSPS) is 16.6. The van der Waals surface area contributed by atoms with Crippen molar-refractivity contribution in [1.29, 1.82) is 0 Å². The molecule has 2 aliphatic heterocycles. The Morgan fingerprint density at radius 2 is 1.68 bits per heavy atom. The van der Waals surface area contributed by atoms with Crippen molar-refractivity contribution in [3.05, 3.63) is 72.8 Å². The SMILES string of the molecule is CN1CCN(c2ccc(-c3cnc(N4CCOCC4)c4nc(COc5ccc6ccccc6n5)cn34)cn2)CC1. The number of hydrogen-bond donors (Lipinski definition) is 0. The Hall–Kier alpha value is -4.28. The van der Waals surface area contributed by atoms with Crippen LogP contribution in [0.25, 0.3) is 27.8 Å². The van der Waals surface area contributed by atoms with Crippen LogP contribution in [0.4, 0.5) is 11.6 Å². The maximum Gasteiger partial charge on any atom is 0.214 e. The number of ether oxygens (including phenoxy) is 2. The molecular formula is C30H32N8O2. The van der Waals surface area contributed by atoms with Crippen LogP contribution >= 0.6 is 0 Å². The van der Waals surface area contributed by atoms with Crippen LogP contribution in [0.2, 0.25) is 0 Å². The first-order valence-electron chi connectivity index (χ1n) is 13.8. The summed E-state index contributed by atoms with van der Waals surface area (Å²) in [6, 6.07) is 16.2. The molecule has 0 amide bonds. The van der Waals surface area contributed by atoms with E-state index in [4.69, 9.17) is 24.4 Å². The van der Waals surface area contributed by atoms with Gasteiger partial charge >= 0.3 is 0 Å². The topological polar surface area (TPSA) is 84.2 Å². The number of rotatable bonds is 6. The highest BCUT2D eigenvalue weighted by atomic mass is 16.5. The molecule has 0 atom stereocenters. The fourth-order valence-electron chi connectivity index (χ4n) is 5.33. The van der Waals surface area contributed by atoms with Gasteiger partial charge in [0.1, 0.15) is 12.4 Å². The predicted octanol–water partition coefficient (Wildman–Crippen LogP) is 3.51. The second kappa shape index (κ2) is 10.7. The molecule has 10 nitrogen and oxygen atoms in total. The number of para-hydroxylation sites is 1. The third-order valence-electron chi connectivity index (χ3n) is 7.65. The molecule has 0 aliphatic carbocycles. The first kappa shape index (κ1) is 24.7. The molecule has 0 N–H and O–H groups in total. The number of imidazole rings is 1. The second-order valence-corrected chi connectivity index (χ2v) is 10.3. The van der Waals surface area contributed by atoms with E-state index in [0.29, 0.717) is 25.7 Å².